The van der Waals surface area contributed by atoms with Crippen molar-refractivity contribution in [1.82, 2.24) is 14.8 Å². The third-order valence-electron chi connectivity index (χ3n) is 5.67. The second-order valence-electron chi connectivity index (χ2n) is 7.65. The molecule has 2 aliphatic rings. The van der Waals surface area contributed by atoms with Crippen LogP contribution in [-0.4, -0.2) is 61.2 Å². The van der Waals surface area contributed by atoms with Gasteiger partial charge in [-0.15, -0.1) is 11.3 Å². The summed E-state index contributed by atoms with van der Waals surface area (Å²) in [5.74, 6) is 0. The number of nitrogens with one attached hydrogen (secondary N) is 1. The molecule has 1 N–H and O–H groups in total. The molecule has 4 heterocycles. The molecule has 1 atom stereocenters. The molecule has 2 aromatic rings. The van der Waals surface area contributed by atoms with E-state index in [2.05, 4.69) is 27.1 Å². The molecular formula is C21H25F3N4OS. The summed E-state index contributed by atoms with van der Waals surface area (Å²) in [6, 6.07) is 5.34. The van der Waals surface area contributed by atoms with E-state index < -0.39 is 11.1 Å². The number of pyridine rings is 1. The highest BCUT2D eigenvalue weighted by molar-refractivity contribution is 7.16. The zero-order chi connectivity index (χ0) is 21.3. The SMILES string of the molecule is COCCCC1CN(C2=c3ncccc3=CNc3sc(C(F)(F)F)cc32)CCN1C. The number of alkyl halides is 3. The van der Waals surface area contributed by atoms with Gasteiger partial charge in [-0.3, -0.25) is 9.88 Å². The molecule has 0 aliphatic carbocycles. The van der Waals surface area contributed by atoms with Crippen molar-refractivity contribution in [3.63, 3.8) is 0 Å². The lowest BCUT2D eigenvalue weighted by molar-refractivity contribution is -0.134. The summed E-state index contributed by atoms with van der Waals surface area (Å²) in [6.45, 7) is 3.02. The fourth-order valence-electron chi connectivity index (χ4n) is 4.06. The number of hydrogen-bond donors (Lipinski definition) is 1. The number of thiophene rings is 1. The Morgan fingerprint density at radius 3 is 2.93 bits per heavy atom. The van der Waals surface area contributed by atoms with Crippen molar-refractivity contribution in [3.8, 4) is 0 Å². The van der Waals surface area contributed by atoms with Crippen LogP contribution in [0.25, 0.3) is 11.9 Å². The molecular weight excluding hydrogens is 413 g/mol. The standard InChI is InChI=1S/C21H25F3N4OS/c1-27-8-9-28(13-15(27)6-4-10-29-2)19-16-11-17(21(22,23)24)30-20(16)26-12-14-5-3-7-25-18(14)19/h3,5,7,11-12,15,26H,4,6,8-10,13H2,1-2H3. The van der Waals surface area contributed by atoms with Crippen molar-refractivity contribution in [2.45, 2.75) is 25.1 Å². The van der Waals surface area contributed by atoms with E-state index in [4.69, 9.17) is 4.74 Å². The van der Waals surface area contributed by atoms with Crippen molar-refractivity contribution in [2.75, 3.05) is 45.7 Å². The third kappa shape index (κ3) is 4.19. The van der Waals surface area contributed by atoms with Gasteiger partial charge in [-0.2, -0.15) is 13.2 Å². The number of hydrogen-bond acceptors (Lipinski definition) is 6. The van der Waals surface area contributed by atoms with Crippen molar-refractivity contribution >= 4 is 28.2 Å². The van der Waals surface area contributed by atoms with Gasteiger partial charge in [0.1, 0.15) is 9.88 Å². The number of rotatable bonds is 5. The van der Waals surface area contributed by atoms with Crippen molar-refractivity contribution in [1.29, 1.82) is 0 Å². The first kappa shape index (κ1) is 21.1. The van der Waals surface area contributed by atoms with Gasteiger partial charge in [-0.05, 0) is 38.1 Å². The lowest BCUT2D eigenvalue weighted by atomic mass is 10.0. The maximum atomic E-state index is 13.4. The molecule has 0 aromatic carbocycles. The van der Waals surface area contributed by atoms with E-state index >= 15 is 0 Å². The minimum absolute atomic E-state index is 0.304. The van der Waals surface area contributed by atoms with E-state index in [-0.39, 0.29) is 0 Å². The Morgan fingerprint density at radius 1 is 1.33 bits per heavy atom. The number of piperazine rings is 1. The fraction of sp³-hybridized carbons (Fsp3) is 0.476. The molecule has 0 spiro atoms. The second kappa shape index (κ2) is 8.56. The Kier molecular flexibility index (Phi) is 6.04. The van der Waals surface area contributed by atoms with E-state index in [9.17, 15) is 13.2 Å². The van der Waals surface area contributed by atoms with Crippen LogP contribution in [0.2, 0.25) is 0 Å². The van der Waals surface area contributed by atoms with Crippen LogP contribution in [0, 0.1) is 0 Å². The van der Waals surface area contributed by atoms with E-state index in [0.29, 0.717) is 23.2 Å². The average molecular weight is 439 g/mol. The number of aromatic nitrogens is 1. The Balaban J connectivity index is 1.78. The summed E-state index contributed by atoms with van der Waals surface area (Å²) in [5.41, 5.74) is 1.35. The van der Waals surface area contributed by atoms with Crippen molar-refractivity contribution < 1.29 is 17.9 Å². The molecule has 9 heteroatoms. The second-order valence-corrected chi connectivity index (χ2v) is 8.70. The average Bonchev–Trinajstić information content (AvgIpc) is 3.08. The van der Waals surface area contributed by atoms with Gasteiger partial charge >= 0.3 is 6.18 Å². The summed E-state index contributed by atoms with van der Waals surface area (Å²) in [5, 5.41) is 5.18. The Morgan fingerprint density at radius 2 is 2.17 bits per heavy atom. The van der Waals surface area contributed by atoms with Gasteiger partial charge in [0, 0.05) is 62.6 Å². The van der Waals surface area contributed by atoms with Gasteiger partial charge in [0.25, 0.3) is 0 Å². The summed E-state index contributed by atoms with van der Waals surface area (Å²) in [7, 11) is 3.80. The molecule has 30 heavy (non-hydrogen) atoms. The Labute approximate surface area is 177 Å². The van der Waals surface area contributed by atoms with Gasteiger partial charge in [-0.1, -0.05) is 0 Å². The van der Waals surface area contributed by atoms with Crippen LogP contribution in [-0.2, 0) is 10.9 Å². The van der Waals surface area contributed by atoms with Crippen LogP contribution in [0.1, 0.15) is 23.3 Å². The Hall–Kier alpha value is -2.10. The van der Waals surface area contributed by atoms with E-state index in [1.807, 2.05) is 12.1 Å². The van der Waals surface area contributed by atoms with Gasteiger partial charge in [0.05, 0.1) is 11.0 Å². The monoisotopic (exact) mass is 438 g/mol. The minimum Gasteiger partial charge on any atom is -0.385 e. The van der Waals surface area contributed by atoms with Crippen LogP contribution in [0.15, 0.2) is 24.4 Å². The molecule has 0 amide bonds. The van der Waals surface area contributed by atoms with Gasteiger partial charge in [-0.25, -0.2) is 0 Å². The van der Waals surface area contributed by atoms with E-state index in [0.717, 1.165) is 60.1 Å². The van der Waals surface area contributed by atoms with Crippen molar-refractivity contribution in [2.24, 2.45) is 0 Å². The first-order chi connectivity index (χ1) is 14.4. The predicted molar refractivity (Wildman–Crippen MR) is 113 cm³/mol. The highest BCUT2D eigenvalue weighted by Gasteiger charge is 2.36. The number of ether oxygens (including phenoxy) is 1. The number of fused-ring (bicyclic) bond motifs is 2. The van der Waals surface area contributed by atoms with Crippen LogP contribution < -0.4 is 15.9 Å². The molecule has 2 aliphatic heterocycles. The predicted octanol–water partition coefficient (Wildman–Crippen LogP) is 2.52. The van der Waals surface area contributed by atoms with Gasteiger partial charge in [0.15, 0.2) is 0 Å². The fourth-order valence-corrected chi connectivity index (χ4v) is 4.96. The smallest absolute Gasteiger partial charge is 0.385 e. The lowest BCUT2D eigenvalue weighted by Crippen LogP contribution is -2.52. The molecule has 1 unspecified atom stereocenters. The quantitative estimate of drug-likeness (QED) is 0.727. The normalized spacial score (nSPS) is 19.6. The molecule has 162 valence electrons. The zero-order valence-corrected chi connectivity index (χ0v) is 17.8. The van der Waals surface area contributed by atoms with Crippen LogP contribution in [0.4, 0.5) is 18.2 Å². The van der Waals surface area contributed by atoms with E-state index in [1.165, 1.54) is 6.07 Å². The highest BCUT2D eigenvalue weighted by Crippen LogP contribution is 2.42. The molecule has 0 bridgehead atoms. The summed E-state index contributed by atoms with van der Waals surface area (Å²) >= 11 is 0.743. The maximum Gasteiger partial charge on any atom is 0.425 e. The number of nitrogens with zero attached hydrogens (tertiary/aromatic N) is 3. The summed E-state index contributed by atoms with van der Waals surface area (Å²) in [6.07, 6.45) is 0.984. The molecule has 5 nitrogen and oxygen atoms in total. The van der Waals surface area contributed by atoms with E-state index in [1.54, 1.807) is 19.5 Å². The third-order valence-corrected chi connectivity index (χ3v) is 6.78. The largest absolute Gasteiger partial charge is 0.425 e. The highest BCUT2D eigenvalue weighted by atomic mass is 32.1. The maximum absolute atomic E-state index is 13.4. The lowest BCUT2D eigenvalue weighted by Gasteiger charge is -2.41. The molecule has 2 aromatic heterocycles. The number of methoxy groups -OCH3 is 1. The molecule has 1 saturated heterocycles. The molecule has 1 fully saturated rings. The summed E-state index contributed by atoms with van der Waals surface area (Å²) in [4.78, 5) is 8.49. The first-order valence-electron chi connectivity index (χ1n) is 9.96. The topological polar surface area (TPSA) is 40.6 Å². The van der Waals surface area contributed by atoms with Crippen LogP contribution in [0.3, 0.4) is 0 Å². The number of likely N-dealkylation sites (N-methyl/N-ethyl adjacent to an activating group) is 1. The zero-order valence-electron chi connectivity index (χ0n) is 17.0. The van der Waals surface area contributed by atoms with Gasteiger partial charge in [0.2, 0.25) is 0 Å². The minimum atomic E-state index is -4.37. The Bertz CT molecular complexity index is 1020. The molecule has 4 rings (SSSR count). The van der Waals surface area contributed by atoms with Crippen LogP contribution in [0.5, 0.6) is 0 Å². The van der Waals surface area contributed by atoms with Crippen LogP contribution >= 0.6 is 11.3 Å². The number of halogens is 3. The van der Waals surface area contributed by atoms with Crippen molar-refractivity contribution in [3.05, 3.63) is 45.4 Å². The summed E-state index contributed by atoms with van der Waals surface area (Å²) < 4.78 is 45.5. The van der Waals surface area contributed by atoms with Gasteiger partial charge < -0.3 is 15.0 Å². The first-order valence-corrected chi connectivity index (χ1v) is 10.8. The molecule has 0 saturated carbocycles. The molecule has 0 radical (unpaired) electrons. The number of anilines is 1.